The number of likely N-dealkylation sites (N-methyl/N-ethyl adjacent to an activating group) is 1. The van der Waals surface area contributed by atoms with E-state index in [0.29, 0.717) is 6.67 Å². The van der Waals surface area contributed by atoms with E-state index in [0.717, 1.165) is 13.1 Å². The Morgan fingerprint density at radius 1 is 1.67 bits per heavy atom. The molecule has 1 unspecified atom stereocenters. The van der Waals surface area contributed by atoms with Crippen molar-refractivity contribution in [1.82, 2.24) is 15.6 Å². The minimum absolute atomic E-state index is 0.177. The molecule has 0 rings (SSSR count). The standard InChI is InChI=1S/C7H19N5/c1-3-5-12(4-2)7(8)10-6-11-9/h3,7,10-11H,1,4-6,8-9H2,2H3. The third kappa shape index (κ3) is 4.42. The summed E-state index contributed by atoms with van der Waals surface area (Å²) in [6.07, 6.45) is 1.64. The lowest BCUT2D eigenvalue weighted by molar-refractivity contribution is 0.193. The summed E-state index contributed by atoms with van der Waals surface area (Å²) in [5, 5.41) is 2.99. The van der Waals surface area contributed by atoms with Crippen molar-refractivity contribution < 1.29 is 0 Å². The molecule has 0 amide bonds. The largest absolute Gasteiger partial charge is 0.303 e. The van der Waals surface area contributed by atoms with Gasteiger partial charge in [0.2, 0.25) is 0 Å². The topological polar surface area (TPSA) is 79.3 Å². The Labute approximate surface area is 73.7 Å². The molecule has 0 aromatic rings. The van der Waals surface area contributed by atoms with Gasteiger partial charge in [-0.1, -0.05) is 13.0 Å². The summed E-state index contributed by atoms with van der Waals surface area (Å²) < 4.78 is 0. The Morgan fingerprint density at radius 2 is 2.33 bits per heavy atom. The summed E-state index contributed by atoms with van der Waals surface area (Å²) in [6.45, 7) is 7.84. The van der Waals surface area contributed by atoms with Gasteiger partial charge in [-0.25, -0.2) is 5.43 Å². The van der Waals surface area contributed by atoms with Crippen LogP contribution in [-0.4, -0.2) is 30.9 Å². The highest BCUT2D eigenvalue weighted by Gasteiger charge is 2.08. The van der Waals surface area contributed by atoms with E-state index in [-0.39, 0.29) is 6.29 Å². The molecule has 0 aromatic heterocycles. The fourth-order valence-corrected chi connectivity index (χ4v) is 0.898. The minimum Gasteiger partial charge on any atom is -0.303 e. The minimum atomic E-state index is -0.177. The van der Waals surface area contributed by atoms with Crippen LogP contribution < -0.4 is 22.3 Å². The molecule has 0 radical (unpaired) electrons. The Balaban J connectivity index is 3.67. The van der Waals surface area contributed by atoms with Crippen molar-refractivity contribution in [2.75, 3.05) is 19.8 Å². The second-order valence-electron chi connectivity index (χ2n) is 2.41. The van der Waals surface area contributed by atoms with Gasteiger partial charge in [-0.3, -0.25) is 16.1 Å². The SMILES string of the molecule is C=CCN(CC)C(N)NCNN. The van der Waals surface area contributed by atoms with Gasteiger partial charge in [0.1, 0.15) is 6.29 Å². The van der Waals surface area contributed by atoms with Gasteiger partial charge in [-0.05, 0) is 6.54 Å². The molecule has 1 atom stereocenters. The molecule has 0 bridgehead atoms. The van der Waals surface area contributed by atoms with Gasteiger partial charge in [0.15, 0.2) is 0 Å². The fraction of sp³-hybridized carbons (Fsp3) is 0.714. The second kappa shape index (κ2) is 7.20. The Hall–Kier alpha value is -0.460. The molecule has 5 heteroatoms. The van der Waals surface area contributed by atoms with E-state index >= 15 is 0 Å². The number of nitrogens with two attached hydrogens (primary N) is 2. The third-order valence-electron chi connectivity index (χ3n) is 1.58. The molecule has 12 heavy (non-hydrogen) atoms. The first-order valence-corrected chi connectivity index (χ1v) is 4.03. The van der Waals surface area contributed by atoms with Gasteiger partial charge >= 0.3 is 0 Å². The van der Waals surface area contributed by atoms with Crippen LogP contribution in [0.5, 0.6) is 0 Å². The quantitative estimate of drug-likeness (QED) is 0.167. The first kappa shape index (κ1) is 11.5. The summed E-state index contributed by atoms with van der Waals surface area (Å²) in [7, 11) is 0. The van der Waals surface area contributed by atoms with Crippen LogP contribution in [0.3, 0.4) is 0 Å². The van der Waals surface area contributed by atoms with Crippen LogP contribution in [0.2, 0.25) is 0 Å². The van der Waals surface area contributed by atoms with Crippen LogP contribution in [0.4, 0.5) is 0 Å². The molecular weight excluding hydrogens is 154 g/mol. The lowest BCUT2D eigenvalue weighted by Gasteiger charge is -2.26. The van der Waals surface area contributed by atoms with Crippen molar-refractivity contribution in [3.05, 3.63) is 12.7 Å². The van der Waals surface area contributed by atoms with Gasteiger partial charge in [-0.2, -0.15) is 0 Å². The zero-order valence-corrected chi connectivity index (χ0v) is 7.59. The predicted octanol–water partition coefficient (Wildman–Crippen LogP) is -1.25. The number of nitrogens with zero attached hydrogens (tertiary/aromatic N) is 1. The van der Waals surface area contributed by atoms with Gasteiger partial charge < -0.3 is 5.73 Å². The number of hydrogen-bond donors (Lipinski definition) is 4. The Bertz CT molecular complexity index is 116. The van der Waals surface area contributed by atoms with Gasteiger partial charge in [0, 0.05) is 6.54 Å². The maximum absolute atomic E-state index is 5.77. The van der Waals surface area contributed by atoms with Gasteiger partial charge in [-0.15, -0.1) is 6.58 Å². The predicted molar refractivity (Wildman–Crippen MR) is 50.7 cm³/mol. The average molecular weight is 173 g/mol. The van der Waals surface area contributed by atoms with E-state index in [2.05, 4.69) is 17.3 Å². The summed E-state index contributed by atoms with van der Waals surface area (Å²) in [6, 6.07) is 0. The first-order valence-electron chi connectivity index (χ1n) is 4.03. The van der Waals surface area contributed by atoms with E-state index in [1.165, 1.54) is 0 Å². The van der Waals surface area contributed by atoms with E-state index < -0.39 is 0 Å². The molecule has 0 aromatic carbocycles. The summed E-state index contributed by atoms with van der Waals surface area (Å²) in [4.78, 5) is 2.03. The van der Waals surface area contributed by atoms with E-state index in [9.17, 15) is 0 Å². The summed E-state index contributed by atoms with van der Waals surface area (Å²) in [5.41, 5.74) is 8.25. The summed E-state index contributed by atoms with van der Waals surface area (Å²) >= 11 is 0. The Kier molecular flexibility index (Phi) is 6.93. The molecular formula is C7H19N5. The highest BCUT2D eigenvalue weighted by Crippen LogP contribution is 1.88. The van der Waals surface area contributed by atoms with E-state index in [4.69, 9.17) is 11.6 Å². The molecule has 72 valence electrons. The van der Waals surface area contributed by atoms with Crippen molar-refractivity contribution in [2.24, 2.45) is 11.6 Å². The molecule has 0 aliphatic rings. The molecule has 0 spiro atoms. The molecule has 0 saturated carbocycles. The van der Waals surface area contributed by atoms with Crippen molar-refractivity contribution in [1.29, 1.82) is 0 Å². The number of hydrogen-bond acceptors (Lipinski definition) is 5. The van der Waals surface area contributed by atoms with Crippen LogP contribution in [-0.2, 0) is 0 Å². The van der Waals surface area contributed by atoms with Crippen LogP contribution in [0, 0.1) is 0 Å². The van der Waals surface area contributed by atoms with E-state index in [1.807, 2.05) is 17.9 Å². The number of rotatable bonds is 7. The monoisotopic (exact) mass is 173 g/mol. The van der Waals surface area contributed by atoms with Crippen LogP contribution in [0.15, 0.2) is 12.7 Å². The van der Waals surface area contributed by atoms with Gasteiger partial charge in [0.25, 0.3) is 0 Å². The maximum Gasteiger partial charge on any atom is 0.113 e. The Morgan fingerprint density at radius 3 is 2.75 bits per heavy atom. The highest BCUT2D eigenvalue weighted by molar-refractivity contribution is 4.74. The number of nitrogens with one attached hydrogen (secondary N) is 2. The van der Waals surface area contributed by atoms with Gasteiger partial charge in [0.05, 0.1) is 6.67 Å². The third-order valence-corrected chi connectivity index (χ3v) is 1.58. The smallest absolute Gasteiger partial charge is 0.113 e. The first-order chi connectivity index (χ1) is 5.76. The molecule has 0 heterocycles. The molecule has 5 nitrogen and oxygen atoms in total. The normalized spacial score (nSPS) is 13.3. The molecule has 0 aliphatic heterocycles. The fourth-order valence-electron chi connectivity index (χ4n) is 0.898. The molecule has 6 N–H and O–H groups in total. The maximum atomic E-state index is 5.77. The lowest BCUT2D eigenvalue weighted by atomic mass is 10.5. The van der Waals surface area contributed by atoms with Crippen LogP contribution in [0.1, 0.15) is 6.92 Å². The van der Waals surface area contributed by atoms with Crippen molar-refractivity contribution in [3.8, 4) is 0 Å². The average Bonchev–Trinajstić information content (AvgIpc) is 2.10. The van der Waals surface area contributed by atoms with Crippen LogP contribution in [0.25, 0.3) is 0 Å². The molecule has 0 fully saturated rings. The zero-order chi connectivity index (χ0) is 9.40. The van der Waals surface area contributed by atoms with Crippen molar-refractivity contribution >= 4 is 0 Å². The highest BCUT2D eigenvalue weighted by atomic mass is 15.4. The summed E-state index contributed by atoms with van der Waals surface area (Å²) in [5.74, 6) is 5.09. The molecule has 0 saturated heterocycles. The molecule has 0 aliphatic carbocycles. The lowest BCUT2D eigenvalue weighted by Crippen LogP contribution is -2.54. The van der Waals surface area contributed by atoms with Crippen molar-refractivity contribution in [3.63, 3.8) is 0 Å². The van der Waals surface area contributed by atoms with Crippen LogP contribution >= 0.6 is 0 Å². The van der Waals surface area contributed by atoms with Crippen molar-refractivity contribution in [2.45, 2.75) is 13.2 Å². The van der Waals surface area contributed by atoms with E-state index in [1.54, 1.807) is 0 Å². The second-order valence-corrected chi connectivity index (χ2v) is 2.41. The zero-order valence-electron chi connectivity index (χ0n) is 7.59. The number of hydrazine groups is 1.